The standard InChI is InChI=1S/C26H25NO4/c28-25-18-27(26(29)30-19-22-14-8-3-9-15-22)23(16-20-10-4-1-5-11-20)24(31-25)17-21-12-6-2-7-13-21/h1-15,23-24H,16-19H2/t23-,24+/m0/s1. The van der Waals surface area contributed by atoms with Crippen LogP contribution in [-0.2, 0) is 33.7 Å². The van der Waals surface area contributed by atoms with Crippen LogP contribution in [0.15, 0.2) is 91.0 Å². The van der Waals surface area contributed by atoms with E-state index in [1.54, 1.807) is 0 Å². The Kier molecular flexibility index (Phi) is 6.62. The van der Waals surface area contributed by atoms with Gasteiger partial charge >= 0.3 is 12.1 Å². The molecule has 0 saturated carbocycles. The van der Waals surface area contributed by atoms with E-state index in [2.05, 4.69) is 0 Å². The van der Waals surface area contributed by atoms with Crippen molar-refractivity contribution in [2.45, 2.75) is 31.6 Å². The van der Waals surface area contributed by atoms with Gasteiger partial charge in [-0.05, 0) is 23.1 Å². The molecule has 2 atom stereocenters. The van der Waals surface area contributed by atoms with Crippen LogP contribution >= 0.6 is 0 Å². The molecular formula is C26H25NO4. The minimum Gasteiger partial charge on any atom is -0.458 e. The Balaban J connectivity index is 1.55. The molecule has 0 aromatic heterocycles. The van der Waals surface area contributed by atoms with E-state index in [0.29, 0.717) is 12.8 Å². The summed E-state index contributed by atoms with van der Waals surface area (Å²) in [5, 5.41) is 0. The molecule has 1 heterocycles. The Morgan fingerprint density at radius 3 is 1.90 bits per heavy atom. The minimum absolute atomic E-state index is 0.115. The Labute approximate surface area is 182 Å². The van der Waals surface area contributed by atoms with Crippen LogP contribution in [0.25, 0.3) is 0 Å². The van der Waals surface area contributed by atoms with Crippen molar-refractivity contribution in [2.75, 3.05) is 6.54 Å². The third-order valence-electron chi connectivity index (χ3n) is 5.42. The highest BCUT2D eigenvalue weighted by Crippen LogP contribution is 2.24. The van der Waals surface area contributed by atoms with Gasteiger partial charge in [-0.1, -0.05) is 91.0 Å². The summed E-state index contributed by atoms with van der Waals surface area (Å²) >= 11 is 0. The summed E-state index contributed by atoms with van der Waals surface area (Å²) in [4.78, 5) is 26.9. The number of benzene rings is 3. The van der Waals surface area contributed by atoms with Gasteiger partial charge < -0.3 is 9.47 Å². The van der Waals surface area contributed by atoms with E-state index >= 15 is 0 Å². The number of cyclic esters (lactones) is 1. The van der Waals surface area contributed by atoms with Crippen LogP contribution in [0.4, 0.5) is 4.79 Å². The van der Waals surface area contributed by atoms with Crippen LogP contribution in [0.5, 0.6) is 0 Å². The molecule has 1 aliphatic heterocycles. The van der Waals surface area contributed by atoms with E-state index in [1.165, 1.54) is 4.90 Å². The van der Waals surface area contributed by atoms with E-state index in [9.17, 15) is 9.59 Å². The monoisotopic (exact) mass is 415 g/mol. The number of esters is 1. The van der Waals surface area contributed by atoms with Crippen LogP contribution in [0.1, 0.15) is 16.7 Å². The maximum absolute atomic E-state index is 13.0. The molecule has 0 bridgehead atoms. The van der Waals surface area contributed by atoms with E-state index < -0.39 is 18.2 Å². The van der Waals surface area contributed by atoms with E-state index in [1.807, 2.05) is 91.0 Å². The van der Waals surface area contributed by atoms with Crippen LogP contribution in [-0.4, -0.2) is 35.7 Å². The summed E-state index contributed by atoms with van der Waals surface area (Å²) in [5.41, 5.74) is 3.03. The zero-order valence-electron chi connectivity index (χ0n) is 17.2. The molecule has 0 aliphatic carbocycles. The molecule has 0 radical (unpaired) electrons. The molecule has 1 saturated heterocycles. The smallest absolute Gasteiger partial charge is 0.411 e. The number of carbonyl (C=O) groups is 2. The number of rotatable bonds is 6. The van der Waals surface area contributed by atoms with Crippen molar-refractivity contribution in [3.05, 3.63) is 108 Å². The number of morpholine rings is 1. The number of hydrogen-bond donors (Lipinski definition) is 0. The highest BCUT2D eigenvalue weighted by molar-refractivity contribution is 5.80. The Bertz CT molecular complexity index is 992. The molecule has 5 nitrogen and oxygen atoms in total. The van der Waals surface area contributed by atoms with Crippen LogP contribution in [0, 0.1) is 0 Å². The van der Waals surface area contributed by atoms with Gasteiger partial charge in [0.2, 0.25) is 0 Å². The first-order chi connectivity index (χ1) is 15.2. The second-order valence-corrected chi connectivity index (χ2v) is 7.64. The van der Waals surface area contributed by atoms with E-state index in [4.69, 9.17) is 9.47 Å². The largest absolute Gasteiger partial charge is 0.458 e. The molecule has 3 aromatic carbocycles. The third kappa shape index (κ3) is 5.51. The lowest BCUT2D eigenvalue weighted by atomic mass is 9.94. The summed E-state index contributed by atoms with van der Waals surface area (Å²) in [6, 6.07) is 29.0. The molecular weight excluding hydrogens is 390 g/mol. The maximum Gasteiger partial charge on any atom is 0.411 e. The Hall–Kier alpha value is -3.60. The summed E-state index contributed by atoms with van der Waals surface area (Å²) in [5.74, 6) is -0.415. The van der Waals surface area contributed by atoms with Gasteiger partial charge in [-0.3, -0.25) is 9.69 Å². The Morgan fingerprint density at radius 1 is 0.806 bits per heavy atom. The SMILES string of the molecule is O=C1CN(C(=O)OCc2ccccc2)[C@@H](Cc2ccccc2)[C@@H](Cc2ccccc2)O1. The quantitative estimate of drug-likeness (QED) is 0.560. The predicted molar refractivity (Wildman–Crippen MR) is 117 cm³/mol. The highest BCUT2D eigenvalue weighted by atomic mass is 16.6. The van der Waals surface area contributed by atoms with Crippen molar-refractivity contribution >= 4 is 12.1 Å². The van der Waals surface area contributed by atoms with Crippen molar-refractivity contribution in [2.24, 2.45) is 0 Å². The van der Waals surface area contributed by atoms with E-state index in [-0.39, 0.29) is 19.2 Å². The van der Waals surface area contributed by atoms with Crippen molar-refractivity contribution in [1.29, 1.82) is 0 Å². The van der Waals surface area contributed by atoms with Crippen LogP contribution < -0.4 is 0 Å². The first-order valence-electron chi connectivity index (χ1n) is 10.4. The fourth-order valence-corrected chi connectivity index (χ4v) is 3.87. The van der Waals surface area contributed by atoms with Gasteiger partial charge in [0.05, 0.1) is 6.04 Å². The molecule has 1 amide bonds. The normalized spacial score (nSPS) is 18.3. The molecule has 5 heteroatoms. The lowest BCUT2D eigenvalue weighted by molar-refractivity contribution is -0.163. The lowest BCUT2D eigenvalue weighted by Gasteiger charge is -2.40. The fraction of sp³-hybridized carbons (Fsp3) is 0.231. The lowest BCUT2D eigenvalue weighted by Crippen LogP contribution is -2.57. The third-order valence-corrected chi connectivity index (χ3v) is 5.42. The molecule has 3 aromatic rings. The van der Waals surface area contributed by atoms with Crippen molar-refractivity contribution in [3.63, 3.8) is 0 Å². The molecule has 4 rings (SSSR count). The molecule has 31 heavy (non-hydrogen) atoms. The van der Waals surface area contributed by atoms with Gasteiger partial charge in [0.25, 0.3) is 0 Å². The molecule has 0 unspecified atom stereocenters. The van der Waals surface area contributed by atoms with E-state index in [0.717, 1.165) is 16.7 Å². The van der Waals surface area contributed by atoms with Gasteiger partial charge in [-0.25, -0.2) is 4.79 Å². The number of ether oxygens (including phenoxy) is 2. The summed E-state index contributed by atoms with van der Waals surface area (Å²) in [7, 11) is 0. The number of hydrogen-bond acceptors (Lipinski definition) is 4. The maximum atomic E-state index is 13.0. The number of nitrogens with zero attached hydrogens (tertiary/aromatic N) is 1. The summed E-state index contributed by atoms with van der Waals surface area (Å²) in [6.07, 6.45) is 0.158. The first kappa shape index (κ1) is 20.7. The van der Waals surface area contributed by atoms with Gasteiger partial charge in [0.1, 0.15) is 19.3 Å². The molecule has 1 fully saturated rings. The molecule has 1 aliphatic rings. The molecule has 0 spiro atoms. The summed E-state index contributed by atoms with van der Waals surface area (Å²) < 4.78 is 11.3. The van der Waals surface area contributed by atoms with Crippen molar-refractivity contribution in [3.8, 4) is 0 Å². The van der Waals surface area contributed by atoms with Crippen LogP contribution in [0.2, 0.25) is 0 Å². The highest BCUT2D eigenvalue weighted by Gasteiger charge is 2.40. The fourth-order valence-electron chi connectivity index (χ4n) is 3.87. The number of amides is 1. The average Bonchev–Trinajstić information content (AvgIpc) is 2.81. The first-order valence-corrected chi connectivity index (χ1v) is 10.4. The summed E-state index contributed by atoms with van der Waals surface area (Å²) in [6.45, 7) is 0.0447. The van der Waals surface area contributed by atoms with Crippen LogP contribution in [0.3, 0.4) is 0 Å². The zero-order chi connectivity index (χ0) is 21.5. The van der Waals surface area contributed by atoms with Gasteiger partial charge in [-0.2, -0.15) is 0 Å². The second kappa shape index (κ2) is 9.94. The molecule has 0 N–H and O–H groups in total. The van der Waals surface area contributed by atoms with Gasteiger partial charge in [-0.15, -0.1) is 0 Å². The predicted octanol–water partition coefficient (Wildman–Crippen LogP) is 4.40. The second-order valence-electron chi connectivity index (χ2n) is 7.64. The average molecular weight is 415 g/mol. The van der Waals surface area contributed by atoms with Crippen molar-refractivity contribution in [1.82, 2.24) is 4.90 Å². The zero-order valence-corrected chi connectivity index (χ0v) is 17.2. The topological polar surface area (TPSA) is 55.8 Å². The molecule has 158 valence electrons. The Morgan fingerprint density at radius 2 is 1.32 bits per heavy atom. The van der Waals surface area contributed by atoms with Crippen molar-refractivity contribution < 1.29 is 19.1 Å². The van der Waals surface area contributed by atoms with Gasteiger partial charge in [0, 0.05) is 6.42 Å². The minimum atomic E-state index is -0.500. The van der Waals surface area contributed by atoms with Gasteiger partial charge in [0.15, 0.2) is 0 Å². The number of carbonyl (C=O) groups excluding carboxylic acids is 2.